The molecule has 0 aliphatic heterocycles. The summed E-state index contributed by atoms with van der Waals surface area (Å²) in [6.07, 6.45) is 15.4. The van der Waals surface area contributed by atoms with Crippen LogP contribution in [0.15, 0.2) is 79.9 Å². The second-order valence-electron chi connectivity index (χ2n) is 4.88. The Kier molecular flexibility index (Phi) is 3.97. The molecule has 0 bridgehead atoms. The van der Waals surface area contributed by atoms with Crippen LogP contribution >= 0.6 is 0 Å². The maximum Gasteiger partial charge on any atom is 0.137 e. The van der Waals surface area contributed by atoms with Gasteiger partial charge in [-0.1, -0.05) is 30.9 Å². The van der Waals surface area contributed by atoms with Gasteiger partial charge in [0.05, 0.1) is 11.9 Å². The Bertz CT molecular complexity index is 855. The minimum absolute atomic E-state index is 0.920. The normalized spacial score (nSPS) is 12.1. The highest BCUT2D eigenvalue weighted by molar-refractivity contribution is 5.76. The van der Waals surface area contributed by atoms with E-state index in [0.717, 1.165) is 28.0 Å². The van der Waals surface area contributed by atoms with Crippen LogP contribution in [0.25, 0.3) is 22.3 Å². The second-order valence-corrected chi connectivity index (χ2v) is 4.88. The van der Waals surface area contributed by atoms with E-state index in [4.69, 9.17) is 0 Å². The molecular weight excluding hydrogens is 270 g/mol. The summed E-state index contributed by atoms with van der Waals surface area (Å²) in [6.45, 7) is 5.78. The molecule has 108 valence electrons. The summed E-state index contributed by atoms with van der Waals surface area (Å²) >= 11 is 0. The molecule has 22 heavy (non-hydrogen) atoms. The number of imidazole rings is 1. The Hall–Kier alpha value is -2.94. The SMILES string of the molecule is C=C/C=C(\C=C/C)c1cnc2cc(-c3ccncc3)ccn12. The maximum atomic E-state index is 4.53. The molecule has 0 aromatic carbocycles. The molecule has 0 saturated heterocycles. The van der Waals surface area contributed by atoms with Gasteiger partial charge < -0.3 is 0 Å². The van der Waals surface area contributed by atoms with Gasteiger partial charge in [0.1, 0.15) is 5.65 Å². The number of nitrogens with zero attached hydrogens (tertiary/aromatic N) is 3. The van der Waals surface area contributed by atoms with Gasteiger partial charge in [0, 0.05) is 18.6 Å². The van der Waals surface area contributed by atoms with Gasteiger partial charge >= 0.3 is 0 Å². The zero-order valence-corrected chi connectivity index (χ0v) is 12.5. The highest BCUT2D eigenvalue weighted by atomic mass is 15.0. The van der Waals surface area contributed by atoms with Gasteiger partial charge in [0.25, 0.3) is 0 Å². The molecule has 0 atom stereocenters. The molecular formula is C19H17N3. The van der Waals surface area contributed by atoms with Crippen molar-refractivity contribution in [3.63, 3.8) is 0 Å². The largest absolute Gasteiger partial charge is 0.300 e. The van der Waals surface area contributed by atoms with Crippen molar-refractivity contribution < 1.29 is 0 Å². The summed E-state index contributed by atoms with van der Waals surface area (Å²) in [5.41, 5.74) is 5.32. The molecule has 0 aliphatic carbocycles. The van der Waals surface area contributed by atoms with Gasteiger partial charge in [-0.25, -0.2) is 4.98 Å². The van der Waals surface area contributed by atoms with Gasteiger partial charge in [-0.05, 0) is 47.9 Å². The Morgan fingerprint density at radius 3 is 2.73 bits per heavy atom. The second kappa shape index (κ2) is 6.22. The van der Waals surface area contributed by atoms with Gasteiger partial charge in [0.15, 0.2) is 0 Å². The van der Waals surface area contributed by atoms with E-state index in [1.54, 1.807) is 18.5 Å². The van der Waals surface area contributed by atoms with Crippen LogP contribution in [0.1, 0.15) is 12.6 Å². The van der Waals surface area contributed by atoms with E-state index in [9.17, 15) is 0 Å². The van der Waals surface area contributed by atoms with Crippen LogP contribution in [0, 0.1) is 0 Å². The third-order valence-electron chi connectivity index (χ3n) is 3.47. The van der Waals surface area contributed by atoms with Crippen molar-refractivity contribution in [2.24, 2.45) is 0 Å². The first kappa shape index (κ1) is 14.0. The third-order valence-corrected chi connectivity index (χ3v) is 3.47. The molecule has 3 aromatic heterocycles. The van der Waals surface area contributed by atoms with Crippen LogP contribution in [0.4, 0.5) is 0 Å². The fraction of sp³-hybridized carbons (Fsp3) is 0.0526. The summed E-state index contributed by atoms with van der Waals surface area (Å²) in [4.78, 5) is 8.58. The van der Waals surface area contributed by atoms with Crippen molar-refractivity contribution >= 4 is 11.2 Å². The molecule has 3 rings (SSSR count). The smallest absolute Gasteiger partial charge is 0.137 e. The molecule has 0 spiro atoms. The van der Waals surface area contributed by atoms with E-state index < -0.39 is 0 Å². The molecule has 3 nitrogen and oxygen atoms in total. The third kappa shape index (κ3) is 2.61. The first-order valence-corrected chi connectivity index (χ1v) is 7.17. The molecule has 0 amide bonds. The fourth-order valence-electron chi connectivity index (χ4n) is 2.45. The molecule has 0 N–H and O–H groups in total. The lowest BCUT2D eigenvalue weighted by molar-refractivity contribution is 1.16. The highest BCUT2D eigenvalue weighted by Crippen LogP contribution is 2.23. The van der Waals surface area contributed by atoms with Crippen LogP contribution in [-0.2, 0) is 0 Å². The Morgan fingerprint density at radius 1 is 1.18 bits per heavy atom. The average molecular weight is 287 g/mol. The van der Waals surface area contributed by atoms with E-state index >= 15 is 0 Å². The summed E-state index contributed by atoms with van der Waals surface area (Å²) in [7, 11) is 0. The summed E-state index contributed by atoms with van der Waals surface area (Å²) < 4.78 is 2.08. The lowest BCUT2D eigenvalue weighted by Gasteiger charge is -2.05. The monoisotopic (exact) mass is 287 g/mol. The van der Waals surface area contributed by atoms with E-state index in [1.807, 2.05) is 43.6 Å². The number of aromatic nitrogens is 3. The lowest BCUT2D eigenvalue weighted by Crippen LogP contribution is -1.91. The first-order valence-electron chi connectivity index (χ1n) is 7.17. The first-order chi connectivity index (χ1) is 10.8. The lowest BCUT2D eigenvalue weighted by atomic mass is 10.1. The van der Waals surface area contributed by atoms with Crippen LogP contribution in [0.5, 0.6) is 0 Å². The molecule has 0 saturated carbocycles. The number of fused-ring (bicyclic) bond motifs is 1. The van der Waals surface area contributed by atoms with Gasteiger partial charge in [-0.2, -0.15) is 0 Å². The topological polar surface area (TPSA) is 30.2 Å². The fourth-order valence-corrected chi connectivity index (χ4v) is 2.45. The Morgan fingerprint density at radius 2 is 2.00 bits per heavy atom. The summed E-state index contributed by atoms with van der Waals surface area (Å²) in [6, 6.07) is 8.17. The zero-order chi connectivity index (χ0) is 15.4. The van der Waals surface area contributed by atoms with E-state index in [1.165, 1.54) is 0 Å². The number of hydrogen-bond acceptors (Lipinski definition) is 2. The summed E-state index contributed by atoms with van der Waals surface area (Å²) in [5.74, 6) is 0. The number of rotatable bonds is 4. The van der Waals surface area contributed by atoms with Gasteiger partial charge in [-0.3, -0.25) is 9.38 Å². The number of hydrogen-bond donors (Lipinski definition) is 0. The Labute approximate surface area is 130 Å². The van der Waals surface area contributed by atoms with Gasteiger partial charge in [-0.15, -0.1) is 0 Å². The van der Waals surface area contributed by atoms with Crippen molar-refractivity contribution in [1.82, 2.24) is 14.4 Å². The predicted octanol–water partition coefficient (Wildman–Crippen LogP) is 4.54. The van der Waals surface area contributed by atoms with Crippen molar-refractivity contribution in [3.8, 4) is 11.1 Å². The molecule has 0 fully saturated rings. The summed E-state index contributed by atoms with van der Waals surface area (Å²) in [5, 5.41) is 0. The van der Waals surface area contributed by atoms with Crippen LogP contribution in [0.3, 0.4) is 0 Å². The zero-order valence-electron chi connectivity index (χ0n) is 12.5. The maximum absolute atomic E-state index is 4.53. The van der Waals surface area contributed by atoms with Gasteiger partial charge in [0.2, 0.25) is 0 Å². The molecule has 3 heterocycles. The van der Waals surface area contributed by atoms with Crippen LogP contribution in [0.2, 0.25) is 0 Å². The standard InChI is InChI=1S/C19H17N3/c1-3-5-16(6-4-2)18-14-21-19-13-17(9-12-22(18)19)15-7-10-20-11-8-15/h3-14H,1H2,2H3/b6-4-,16-5+. The Balaban J connectivity index is 2.10. The minimum Gasteiger partial charge on any atom is -0.300 e. The highest BCUT2D eigenvalue weighted by Gasteiger charge is 2.07. The molecule has 3 heteroatoms. The number of allylic oxidation sites excluding steroid dienone is 5. The molecule has 3 aromatic rings. The molecule has 0 radical (unpaired) electrons. The van der Waals surface area contributed by atoms with Crippen LogP contribution in [-0.4, -0.2) is 14.4 Å². The predicted molar refractivity (Wildman–Crippen MR) is 91.4 cm³/mol. The van der Waals surface area contributed by atoms with Crippen molar-refractivity contribution in [3.05, 3.63) is 85.6 Å². The van der Waals surface area contributed by atoms with E-state index in [0.29, 0.717) is 0 Å². The molecule has 0 unspecified atom stereocenters. The molecule has 0 aliphatic rings. The van der Waals surface area contributed by atoms with Crippen molar-refractivity contribution in [2.45, 2.75) is 6.92 Å². The quantitative estimate of drug-likeness (QED) is 0.659. The van der Waals surface area contributed by atoms with E-state index in [-0.39, 0.29) is 0 Å². The number of pyridine rings is 2. The average Bonchev–Trinajstić information content (AvgIpc) is 2.98. The van der Waals surface area contributed by atoms with Crippen molar-refractivity contribution in [1.29, 1.82) is 0 Å². The van der Waals surface area contributed by atoms with Crippen molar-refractivity contribution in [2.75, 3.05) is 0 Å². The minimum atomic E-state index is 0.920. The van der Waals surface area contributed by atoms with E-state index in [2.05, 4.69) is 39.2 Å². The van der Waals surface area contributed by atoms with Crippen LogP contribution < -0.4 is 0 Å².